The standard InChI is InChI=1S/C9H16O3S2/c1-7(14(2,11)12)9(10)8-5-3-4-6-13-8/h7-8H,3-6H2,1-2H3. The Bertz CT molecular complexity index is 302. The van der Waals surface area contributed by atoms with Crippen LogP contribution in [0.4, 0.5) is 0 Å². The lowest BCUT2D eigenvalue weighted by atomic mass is 10.1. The molecular formula is C9H16O3S2. The number of ketones is 1. The zero-order valence-electron chi connectivity index (χ0n) is 8.52. The Kier molecular flexibility index (Phi) is 4.01. The Morgan fingerprint density at radius 1 is 1.43 bits per heavy atom. The summed E-state index contributed by atoms with van der Waals surface area (Å²) in [4.78, 5) is 11.7. The number of hydrogen-bond donors (Lipinski definition) is 0. The number of thioether (sulfide) groups is 1. The Balaban J connectivity index is 2.64. The largest absolute Gasteiger partial charge is 0.297 e. The number of carbonyl (C=O) groups excluding carboxylic acids is 1. The first-order valence-corrected chi connectivity index (χ1v) is 7.77. The third-order valence-electron chi connectivity index (χ3n) is 2.54. The minimum Gasteiger partial charge on any atom is -0.297 e. The summed E-state index contributed by atoms with van der Waals surface area (Å²) >= 11 is 1.60. The van der Waals surface area contributed by atoms with Gasteiger partial charge < -0.3 is 0 Å². The number of rotatable bonds is 3. The van der Waals surface area contributed by atoms with Crippen molar-refractivity contribution in [1.82, 2.24) is 0 Å². The van der Waals surface area contributed by atoms with Crippen LogP contribution in [0.3, 0.4) is 0 Å². The van der Waals surface area contributed by atoms with Gasteiger partial charge in [0, 0.05) is 6.26 Å². The van der Waals surface area contributed by atoms with Crippen molar-refractivity contribution in [3.8, 4) is 0 Å². The van der Waals surface area contributed by atoms with Crippen molar-refractivity contribution >= 4 is 27.4 Å². The van der Waals surface area contributed by atoms with Gasteiger partial charge in [-0.2, -0.15) is 11.8 Å². The molecule has 0 aromatic rings. The third kappa shape index (κ3) is 2.98. The van der Waals surface area contributed by atoms with Crippen LogP contribution in [0.2, 0.25) is 0 Å². The molecule has 1 saturated heterocycles. The van der Waals surface area contributed by atoms with E-state index < -0.39 is 15.1 Å². The van der Waals surface area contributed by atoms with E-state index in [4.69, 9.17) is 0 Å². The molecule has 2 unspecified atom stereocenters. The molecule has 0 saturated carbocycles. The maximum atomic E-state index is 11.7. The molecule has 1 aliphatic heterocycles. The van der Waals surface area contributed by atoms with Gasteiger partial charge in [-0.3, -0.25) is 4.79 Å². The SMILES string of the molecule is CC(C(=O)C1CCCCS1)S(C)(=O)=O. The van der Waals surface area contributed by atoms with Gasteiger partial charge >= 0.3 is 0 Å². The van der Waals surface area contributed by atoms with Gasteiger partial charge in [0.1, 0.15) is 5.25 Å². The summed E-state index contributed by atoms with van der Waals surface area (Å²) in [6, 6.07) is 0. The highest BCUT2D eigenvalue weighted by molar-refractivity contribution is 8.00. The third-order valence-corrected chi connectivity index (χ3v) is 5.45. The Labute approximate surface area is 89.6 Å². The molecule has 0 amide bonds. The van der Waals surface area contributed by atoms with Gasteiger partial charge in [-0.05, 0) is 25.5 Å². The average Bonchev–Trinajstić information content (AvgIpc) is 2.15. The van der Waals surface area contributed by atoms with E-state index in [2.05, 4.69) is 0 Å². The maximum absolute atomic E-state index is 11.7. The van der Waals surface area contributed by atoms with Gasteiger partial charge in [-0.15, -0.1) is 0 Å². The summed E-state index contributed by atoms with van der Waals surface area (Å²) in [5.74, 6) is 0.865. The highest BCUT2D eigenvalue weighted by Gasteiger charge is 2.31. The monoisotopic (exact) mass is 236 g/mol. The molecule has 1 rings (SSSR count). The fourth-order valence-electron chi connectivity index (χ4n) is 1.44. The average molecular weight is 236 g/mol. The highest BCUT2D eigenvalue weighted by Crippen LogP contribution is 2.27. The summed E-state index contributed by atoms with van der Waals surface area (Å²) in [5.41, 5.74) is 0. The summed E-state index contributed by atoms with van der Waals surface area (Å²) in [6.07, 6.45) is 4.15. The van der Waals surface area contributed by atoms with Gasteiger partial charge in [0.05, 0.1) is 5.25 Å². The van der Waals surface area contributed by atoms with Gasteiger partial charge in [0.25, 0.3) is 0 Å². The van der Waals surface area contributed by atoms with Gasteiger partial charge in [-0.25, -0.2) is 8.42 Å². The molecule has 0 bridgehead atoms. The van der Waals surface area contributed by atoms with Crippen molar-refractivity contribution in [2.45, 2.75) is 36.7 Å². The van der Waals surface area contributed by atoms with Crippen molar-refractivity contribution < 1.29 is 13.2 Å². The molecule has 0 spiro atoms. The van der Waals surface area contributed by atoms with Gasteiger partial charge in [0.15, 0.2) is 15.6 Å². The lowest BCUT2D eigenvalue weighted by Gasteiger charge is -2.22. The maximum Gasteiger partial charge on any atom is 0.163 e. The normalized spacial score (nSPS) is 25.7. The summed E-state index contributed by atoms with van der Waals surface area (Å²) < 4.78 is 22.4. The van der Waals surface area contributed by atoms with Crippen molar-refractivity contribution in [3.63, 3.8) is 0 Å². The molecule has 2 atom stereocenters. The van der Waals surface area contributed by atoms with Crippen LogP contribution < -0.4 is 0 Å². The molecule has 0 radical (unpaired) electrons. The Morgan fingerprint density at radius 3 is 2.50 bits per heavy atom. The van der Waals surface area contributed by atoms with Crippen LogP contribution in [0.1, 0.15) is 26.2 Å². The Hall–Kier alpha value is -0.0300. The lowest BCUT2D eigenvalue weighted by molar-refractivity contribution is -0.118. The first-order chi connectivity index (χ1) is 6.43. The molecule has 82 valence electrons. The molecule has 3 nitrogen and oxygen atoms in total. The van der Waals surface area contributed by atoms with Crippen molar-refractivity contribution in [3.05, 3.63) is 0 Å². The molecule has 14 heavy (non-hydrogen) atoms. The number of carbonyl (C=O) groups is 1. The van der Waals surface area contributed by atoms with E-state index in [1.165, 1.54) is 6.92 Å². The number of Topliss-reactive ketones (excluding diaryl/α,β-unsaturated/α-hetero) is 1. The molecular weight excluding hydrogens is 220 g/mol. The summed E-state index contributed by atoms with van der Waals surface area (Å²) in [6.45, 7) is 1.49. The van der Waals surface area contributed by atoms with E-state index in [-0.39, 0.29) is 11.0 Å². The topological polar surface area (TPSA) is 51.2 Å². The molecule has 1 fully saturated rings. The fourth-order valence-corrected chi connectivity index (χ4v) is 3.47. The van der Waals surface area contributed by atoms with Gasteiger partial charge in [-0.1, -0.05) is 6.42 Å². The first kappa shape index (κ1) is 12.0. The quantitative estimate of drug-likeness (QED) is 0.740. The van der Waals surface area contributed by atoms with Crippen LogP contribution in [0, 0.1) is 0 Å². The van der Waals surface area contributed by atoms with Crippen LogP contribution in [-0.2, 0) is 14.6 Å². The second-order valence-electron chi connectivity index (χ2n) is 3.73. The van der Waals surface area contributed by atoms with Crippen molar-refractivity contribution in [1.29, 1.82) is 0 Å². The fraction of sp³-hybridized carbons (Fsp3) is 0.889. The molecule has 0 aliphatic carbocycles. The predicted octanol–water partition coefficient (Wildman–Crippen LogP) is 1.27. The molecule has 1 aliphatic rings. The van der Waals surface area contributed by atoms with Crippen molar-refractivity contribution in [2.75, 3.05) is 12.0 Å². The highest BCUT2D eigenvalue weighted by atomic mass is 32.2. The van der Waals surface area contributed by atoms with E-state index in [0.717, 1.165) is 31.3 Å². The molecule has 0 N–H and O–H groups in total. The zero-order valence-corrected chi connectivity index (χ0v) is 10.2. The minimum atomic E-state index is -3.21. The predicted molar refractivity (Wildman–Crippen MR) is 59.4 cm³/mol. The smallest absolute Gasteiger partial charge is 0.163 e. The lowest BCUT2D eigenvalue weighted by Crippen LogP contribution is -2.34. The van der Waals surface area contributed by atoms with Gasteiger partial charge in [0.2, 0.25) is 0 Å². The zero-order chi connectivity index (χ0) is 10.8. The molecule has 1 heterocycles. The molecule has 0 aromatic carbocycles. The summed E-state index contributed by atoms with van der Waals surface area (Å²) in [5, 5.41) is -0.924. The first-order valence-electron chi connectivity index (χ1n) is 4.77. The van der Waals surface area contributed by atoms with Crippen LogP contribution in [0.5, 0.6) is 0 Å². The van der Waals surface area contributed by atoms with Crippen LogP contribution in [-0.4, -0.2) is 36.7 Å². The van der Waals surface area contributed by atoms with E-state index in [0.29, 0.717) is 0 Å². The second kappa shape index (κ2) is 4.66. The summed E-state index contributed by atoms with van der Waals surface area (Å²) in [7, 11) is -3.21. The van der Waals surface area contributed by atoms with Crippen molar-refractivity contribution in [2.24, 2.45) is 0 Å². The number of hydrogen-bond acceptors (Lipinski definition) is 4. The number of sulfone groups is 1. The van der Waals surface area contributed by atoms with E-state index in [9.17, 15) is 13.2 Å². The van der Waals surface area contributed by atoms with Crippen LogP contribution in [0.15, 0.2) is 0 Å². The van der Waals surface area contributed by atoms with Crippen LogP contribution >= 0.6 is 11.8 Å². The molecule has 0 aromatic heterocycles. The Morgan fingerprint density at radius 2 is 2.07 bits per heavy atom. The van der Waals surface area contributed by atoms with E-state index >= 15 is 0 Å². The van der Waals surface area contributed by atoms with E-state index in [1.54, 1.807) is 11.8 Å². The van der Waals surface area contributed by atoms with E-state index in [1.807, 2.05) is 0 Å². The second-order valence-corrected chi connectivity index (χ2v) is 7.41. The minimum absolute atomic E-state index is 0.0894. The van der Waals surface area contributed by atoms with Crippen LogP contribution in [0.25, 0.3) is 0 Å². The molecule has 5 heteroatoms.